The van der Waals surface area contributed by atoms with Crippen LogP contribution in [0.25, 0.3) is 0 Å². The molecule has 1 nitrogen and oxygen atoms in total. The highest BCUT2D eigenvalue weighted by Crippen LogP contribution is 2.30. The number of alkyl halides is 3. The highest BCUT2D eigenvalue weighted by atomic mass is 19.4. The lowest BCUT2D eigenvalue weighted by Crippen LogP contribution is -2.08. The lowest BCUT2D eigenvalue weighted by atomic mass is 10.00. The molecule has 2 rings (SSSR count). The lowest BCUT2D eigenvalue weighted by molar-refractivity contribution is -0.137. The molecule has 0 N–H and O–H groups in total. The molecular formula is C15H10F4O. The Morgan fingerprint density at radius 2 is 1.70 bits per heavy atom. The largest absolute Gasteiger partial charge is 0.416 e. The number of halogens is 4. The van der Waals surface area contributed by atoms with E-state index in [-0.39, 0.29) is 11.1 Å². The molecule has 2 aromatic carbocycles. The molecule has 0 aliphatic heterocycles. The van der Waals surface area contributed by atoms with Gasteiger partial charge in [0.15, 0.2) is 5.78 Å². The average molecular weight is 282 g/mol. The highest BCUT2D eigenvalue weighted by Gasteiger charge is 2.31. The van der Waals surface area contributed by atoms with Crippen molar-refractivity contribution in [1.29, 1.82) is 0 Å². The molecule has 104 valence electrons. The summed E-state index contributed by atoms with van der Waals surface area (Å²) in [4.78, 5) is 12.1. The van der Waals surface area contributed by atoms with Gasteiger partial charge in [-0.2, -0.15) is 13.2 Å². The van der Waals surface area contributed by atoms with Crippen molar-refractivity contribution in [3.63, 3.8) is 0 Å². The fourth-order valence-corrected chi connectivity index (χ4v) is 1.87. The summed E-state index contributed by atoms with van der Waals surface area (Å²) >= 11 is 0. The Balaban J connectivity index is 2.43. The average Bonchev–Trinajstić information content (AvgIpc) is 2.36. The summed E-state index contributed by atoms with van der Waals surface area (Å²) in [6.07, 6.45) is -4.52. The van der Waals surface area contributed by atoms with Crippen LogP contribution in [0.1, 0.15) is 27.0 Å². The Bertz CT molecular complexity index is 639. The topological polar surface area (TPSA) is 17.1 Å². The van der Waals surface area contributed by atoms with Crippen LogP contribution in [0.3, 0.4) is 0 Å². The summed E-state index contributed by atoms with van der Waals surface area (Å²) in [7, 11) is 0. The first-order valence-electron chi connectivity index (χ1n) is 5.76. The second kappa shape index (κ2) is 5.07. The highest BCUT2D eigenvalue weighted by molar-refractivity contribution is 6.09. The van der Waals surface area contributed by atoms with Gasteiger partial charge >= 0.3 is 6.18 Å². The van der Waals surface area contributed by atoms with E-state index in [1.54, 1.807) is 6.92 Å². The molecule has 0 atom stereocenters. The molecule has 0 aromatic heterocycles. The van der Waals surface area contributed by atoms with Crippen LogP contribution in [0.15, 0.2) is 42.5 Å². The summed E-state index contributed by atoms with van der Waals surface area (Å²) < 4.78 is 51.0. The first-order valence-corrected chi connectivity index (χ1v) is 5.76. The van der Waals surface area contributed by atoms with E-state index in [0.717, 1.165) is 24.3 Å². The van der Waals surface area contributed by atoms with Crippen molar-refractivity contribution >= 4 is 5.78 Å². The summed E-state index contributed by atoms with van der Waals surface area (Å²) in [6, 6.07) is 7.76. The Morgan fingerprint density at radius 3 is 2.30 bits per heavy atom. The van der Waals surface area contributed by atoms with E-state index >= 15 is 0 Å². The number of hydrogen-bond donors (Lipinski definition) is 0. The van der Waals surface area contributed by atoms with E-state index in [0.29, 0.717) is 5.56 Å². The second-order valence-corrected chi connectivity index (χ2v) is 4.42. The van der Waals surface area contributed by atoms with E-state index in [9.17, 15) is 22.4 Å². The van der Waals surface area contributed by atoms with Crippen molar-refractivity contribution in [2.24, 2.45) is 0 Å². The molecule has 0 aliphatic carbocycles. The fraction of sp³-hybridized carbons (Fsp3) is 0.133. The first-order chi connectivity index (χ1) is 9.27. The summed E-state index contributed by atoms with van der Waals surface area (Å²) in [5, 5.41) is 0. The van der Waals surface area contributed by atoms with Gasteiger partial charge in [0.25, 0.3) is 0 Å². The molecular weight excluding hydrogens is 272 g/mol. The zero-order valence-electron chi connectivity index (χ0n) is 10.5. The van der Waals surface area contributed by atoms with Gasteiger partial charge in [-0.05, 0) is 42.8 Å². The Kier molecular flexibility index (Phi) is 3.61. The van der Waals surface area contributed by atoms with Crippen molar-refractivity contribution in [3.05, 3.63) is 70.5 Å². The van der Waals surface area contributed by atoms with Gasteiger partial charge in [-0.3, -0.25) is 4.79 Å². The lowest BCUT2D eigenvalue weighted by Gasteiger charge is -2.08. The predicted molar refractivity (Wildman–Crippen MR) is 66.0 cm³/mol. The molecule has 0 aliphatic rings. The number of aryl methyl sites for hydroxylation is 1. The number of carbonyl (C=O) groups is 1. The van der Waals surface area contributed by atoms with Crippen LogP contribution in [-0.2, 0) is 6.18 Å². The zero-order chi connectivity index (χ0) is 14.9. The van der Waals surface area contributed by atoms with Crippen LogP contribution in [0.4, 0.5) is 17.6 Å². The maximum absolute atomic E-state index is 13.2. The predicted octanol–water partition coefficient (Wildman–Crippen LogP) is 4.38. The summed E-state index contributed by atoms with van der Waals surface area (Å²) in [6.45, 7) is 1.60. The molecule has 0 amide bonds. The van der Waals surface area contributed by atoms with Gasteiger partial charge in [0.05, 0.1) is 5.56 Å². The van der Waals surface area contributed by atoms with Gasteiger partial charge in [0, 0.05) is 11.1 Å². The van der Waals surface area contributed by atoms with Gasteiger partial charge < -0.3 is 0 Å². The first kappa shape index (κ1) is 14.2. The van der Waals surface area contributed by atoms with E-state index in [2.05, 4.69) is 0 Å². The van der Waals surface area contributed by atoms with E-state index in [1.165, 1.54) is 18.2 Å². The molecule has 5 heteroatoms. The van der Waals surface area contributed by atoms with Crippen LogP contribution >= 0.6 is 0 Å². The smallest absolute Gasteiger partial charge is 0.289 e. The molecule has 0 unspecified atom stereocenters. The van der Waals surface area contributed by atoms with Gasteiger partial charge in [-0.1, -0.05) is 12.1 Å². The van der Waals surface area contributed by atoms with E-state index < -0.39 is 23.3 Å². The Hall–Kier alpha value is -2.17. The van der Waals surface area contributed by atoms with Crippen LogP contribution in [0.2, 0.25) is 0 Å². The molecule has 20 heavy (non-hydrogen) atoms. The number of rotatable bonds is 2. The summed E-state index contributed by atoms with van der Waals surface area (Å²) in [5.41, 5.74) is -0.469. The fourth-order valence-electron chi connectivity index (χ4n) is 1.87. The van der Waals surface area contributed by atoms with E-state index in [4.69, 9.17) is 0 Å². The maximum Gasteiger partial charge on any atom is 0.416 e. The molecule has 0 radical (unpaired) electrons. The van der Waals surface area contributed by atoms with Crippen molar-refractivity contribution < 1.29 is 22.4 Å². The maximum atomic E-state index is 13.2. The van der Waals surface area contributed by atoms with Gasteiger partial charge in [-0.15, -0.1) is 0 Å². The Morgan fingerprint density at radius 1 is 1.00 bits per heavy atom. The normalized spacial score (nSPS) is 11.4. The van der Waals surface area contributed by atoms with Crippen LogP contribution < -0.4 is 0 Å². The molecule has 0 fully saturated rings. The van der Waals surface area contributed by atoms with Crippen molar-refractivity contribution in [1.82, 2.24) is 0 Å². The van der Waals surface area contributed by atoms with Crippen molar-refractivity contribution in [2.75, 3.05) is 0 Å². The third-order valence-electron chi connectivity index (χ3n) is 2.76. The van der Waals surface area contributed by atoms with Crippen LogP contribution in [0, 0.1) is 12.7 Å². The van der Waals surface area contributed by atoms with Crippen molar-refractivity contribution in [2.45, 2.75) is 13.1 Å². The molecule has 0 spiro atoms. The molecule has 0 heterocycles. The minimum Gasteiger partial charge on any atom is -0.289 e. The second-order valence-electron chi connectivity index (χ2n) is 4.42. The molecule has 0 saturated heterocycles. The number of hydrogen-bond acceptors (Lipinski definition) is 1. The van der Waals surface area contributed by atoms with Gasteiger partial charge in [-0.25, -0.2) is 4.39 Å². The zero-order valence-corrected chi connectivity index (χ0v) is 10.5. The van der Waals surface area contributed by atoms with Crippen LogP contribution in [-0.4, -0.2) is 5.78 Å². The standard InChI is InChI=1S/C15H10F4O/c1-9-5-11(8-13(16)6-9)14(20)10-3-2-4-12(7-10)15(17,18)19/h2-8H,1H3. The monoisotopic (exact) mass is 282 g/mol. The minimum absolute atomic E-state index is 0.0295. The van der Waals surface area contributed by atoms with E-state index in [1.807, 2.05) is 0 Å². The minimum atomic E-state index is -4.52. The quantitative estimate of drug-likeness (QED) is 0.590. The molecule has 0 saturated carbocycles. The Labute approximate surface area is 112 Å². The number of carbonyl (C=O) groups excluding carboxylic acids is 1. The summed E-state index contributed by atoms with van der Waals surface area (Å²) in [5.74, 6) is -1.24. The molecule has 2 aromatic rings. The third-order valence-corrected chi connectivity index (χ3v) is 2.76. The number of ketones is 1. The SMILES string of the molecule is Cc1cc(F)cc(C(=O)c2cccc(C(F)(F)F)c2)c1. The van der Waals surface area contributed by atoms with Crippen molar-refractivity contribution in [3.8, 4) is 0 Å². The third kappa shape index (κ3) is 3.04. The van der Waals surface area contributed by atoms with Gasteiger partial charge in [0.2, 0.25) is 0 Å². The molecule has 0 bridgehead atoms. The number of benzene rings is 2. The van der Waals surface area contributed by atoms with Crippen LogP contribution in [0.5, 0.6) is 0 Å². The van der Waals surface area contributed by atoms with Gasteiger partial charge in [0.1, 0.15) is 5.82 Å².